The molecule has 0 saturated carbocycles. The molecule has 1 aliphatic rings. The topological polar surface area (TPSA) is 108 Å². The summed E-state index contributed by atoms with van der Waals surface area (Å²) in [5.74, 6) is 0. The zero-order valence-electron chi connectivity index (χ0n) is 20.4. The number of rotatable bonds is 7. The molecule has 1 saturated heterocycles. The summed E-state index contributed by atoms with van der Waals surface area (Å²) in [6, 6.07) is 16.7. The van der Waals surface area contributed by atoms with Crippen molar-refractivity contribution in [1.82, 2.24) is 5.32 Å². The molecule has 3 N–H and O–H groups in total. The average molecular weight is 551 g/mol. The van der Waals surface area contributed by atoms with Crippen molar-refractivity contribution in [1.29, 1.82) is 0 Å². The van der Waals surface area contributed by atoms with Gasteiger partial charge in [-0.15, -0.1) is 12.4 Å². The van der Waals surface area contributed by atoms with E-state index in [1.807, 2.05) is 19.1 Å². The third-order valence-corrected chi connectivity index (χ3v) is 8.95. The van der Waals surface area contributed by atoms with Crippen molar-refractivity contribution < 1.29 is 16.8 Å². The molecule has 0 amide bonds. The van der Waals surface area contributed by atoms with Crippen LogP contribution in [-0.4, -0.2) is 43.0 Å². The molecule has 3 aromatic carbocycles. The number of hydrogen-bond donors (Lipinski definition) is 3. The number of aryl methyl sites for hydroxylation is 3. The summed E-state index contributed by atoms with van der Waals surface area (Å²) < 4.78 is 58.3. The Hall–Kier alpha value is -2.79. The van der Waals surface area contributed by atoms with Crippen LogP contribution in [0.2, 0.25) is 0 Å². The highest BCUT2D eigenvalue weighted by Gasteiger charge is 2.24. The van der Waals surface area contributed by atoms with Gasteiger partial charge in [0.15, 0.2) is 0 Å². The van der Waals surface area contributed by atoms with Gasteiger partial charge in [0.25, 0.3) is 20.0 Å². The number of benzene rings is 3. The molecule has 0 unspecified atom stereocenters. The van der Waals surface area contributed by atoms with Gasteiger partial charge in [-0.05, 0) is 62.2 Å². The van der Waals surface area contributed by atoms with Gasteiger partial charge in [0.1, 0.15) is 0 Å². The molecule has 0 bridgehead atoms. The number of halogens is 1. The Morgan fingerprint density at radius 3 is 1.94 bits per heavy atom. The lowest BCUT2D eigenvalue weighted by Gasteiger charge is -2.30. The van der Waals surface area contributed by atoms with Gasteiger partial charge in [0.2, 0.25) is 0 Å². The minimum atomic E-state index is -3.98. The quantitative estimate of drug-likeness (QED) is 0.410. The smallest absolute Gasteiger partial charge is 0.262 e. The summed E-state index contributed by atoms with van der Waals surface area (Å²) in [7, 11) is -7.92. The minimum absolute atomic E-state index is 0. The van der Waals surface area contributed by atoms with Crippen LogP contribution in [0.5, 0.6) is 0 Å². The molecular formula is C25H31ClN4O4S2. The Bertz CT molecular complexity index is 1420. The fourth-order valence-electron chi connectivity index (χ4n) is 4.42. The van der Waals surface area contributed by atoms with Gasteiger partial charge in [-0.2, -0.15) is 0 Å². The predicted molar refractivity (Wildman–Crippen MR) is 147 cm³/mol. The summed E-state index contributed by atoms with van der Waals surface area (Å²) in [6.45, 7) is 8.56. The molecule has 0 atom stereocenters. The first-order valence-corrected chi connectivity index (χ1v) is 14.3. The molecular weight excluding hydrogens is 520 g/mol. The number of nitrogens with zero attached hydrogens (tertiary/aromatic N) is 1. The molecule has 1 aliphatic heterocycles. The molecule has 0 aromatic heterocycles. The van der Waals surface area contributed by atoms with Crippen LogP contribution in [0.15, 0.2) is 70.5 Å². The third-order valence-electron chi connectivity index (χ3n) is 5.90. The molecule has 36 heavy (non-hydrogen) atoms. The highest BCUT2D eigenvalue weighted by Crippen LogP contribution is 2.33. The summed E-state index contributed by atoms with van der Waals surface area (Å²) in [6.07, 6.45) is 0. The van der Waals surface area contributed by atoms with Crippen molar-refractivity contribution in [2.24, 2.45) is 0 Å². The van der Waals surface area contributed by atoms with E-state index in [-0.39, 0.29) is 33.6 Å². The van der Waals surface area contributed by atoms with Crippen molar-refractivity contribution in [3.05, 3.63) is 77.4 Å². The fourth-order valence-corrected chi connectivity index (χ4v) is 7.04. The zero-order valence-corrected chi connectivity index (χ0v) is 22.9. The van der Waals surface area contributed by atoms with Crippen LogP contribution in [-0.2, 0) is 20.0 Å². The molecule has 194 valence electrons. The van der Waals surface area contributed by atoms with E-state index in [1.54, 1.807) is 50.2 Å². The largest absolute Gasteiger partial charge is 0.369 e. The van der Waals surface area contributed by atoms with Gasteiger partial charge in [0, 0.05) is 31.9 Å². The van der Waals surface area contributed by atoms with Gasteiger partial charge < -0.3 is 10.2 Å². The maximum atomic E-state index is 13.4. The Morgan fingerprint density at radius 2 is 1.33 bits per heavy atom. The highest BCUT2D eigenvalue weighted by atomic mass is 35.5. The first-order valence-electron chi connectivity index (χ1n) is 11.3. The van der Waals surface area contributed by atoms with E-state index in [0.717, 1.165) is 37.4 Å². The SMILES string of the molecule is Cc1cc(C)c(S(=O)(=O)Nc2ccc(N3CCNCC3)cc2NS(=O)(=O)c2ccccc2)c(C)c1.Cl. The van der Waals surface area contributed by atoms with E-state index >= 15 is 0 Å². The number of piperazine rings is 1. The Labute approximate surface area is 219 Å². The highest BCUT2D eigenvalue weighted by molar-refractivity contribution is 7.93. The first-order chi connectivity index (χ1) is 16.6. The second-order valence-electron chi connectivity index (χ2n) is 8.72. The monoisotopic (exact) mass is 550 g/mol. The van der Waals surface area contributed by atoms with Crippen LogP contribution in [0.3, 0.4) is 0 Å². The van der Waals surface area contributed by atoms with E-state index < -0.39 is 20.0 Å². The Balaban J connectivity index is 0.00000361. The zero-order chi connectivity index (χ0) is 25.2. The Kier molecular flexibility index (Phi) is 8.55. The summed E-state index contributed by atoms with van der Waals surface area (Å²) >= 11 is 0. The van der Waals surface area contributed by atoms with Gasteiger partial charge in [0.05, 0.1) is 21.2 Å². The van der Waals surface area contributed by atoms with Crippen molar-refractivity contribution in [3.8, 4) is 0 Å². The lowest BCUT2D eigenvalue weighted by atomic mass is 10.1. The van der Waals surface area contributed by atoms with E-state index in [4.69, 9.17) is 0 Å². The molecule has 0 aliphatic carbocycles. The Morgan fingerprint density at radius 1 is 0.750 bits per heavy atom. The van der Waals surface area contributed by atoms with Gasteiger partial charge >= 0.3 is 0 Å². The fraction of sp³-hybridized carbons (Fsp3) is 0.280. The first kappa shape index (κ1) is 27.8. The van der Waals surface area contributed by atoms with Gasteiger partial charge in [-0.25, -0.2) is 16.8 Å². The predicted octanol–water partition coefficient (Wildman–Crippen LogP) is 4.04. The van der Waals surface area contributed by atoms with Crippen LogP contribution in [0.1, 0.15) is 16.7 Å². The molecule has 1 heterocycles. The average Bonchev–Trinajstić information content (AvgIpc) is 2.80. The van der Waals surface area contributed by atoms with Crippen LogP contribution in [0, 0.1) is 20.8 Å². The normalized spacial score (nSPS) is 14.1. The maximum absolute atomic E-state index is 13.4. The molecule has 4 rings (SSSR count). The molecule has 0 radical (unpaired) electrons. The third kappa shape index (κ3) is 6.12. The van der Waals surface area contributed by atoms with E-state index in [0.29, 0.717) is 11.1 Å². The van der Waals surface area contributed by atoms with Crippen LogP contribution in [0.25, 0.3) is 0 Å². The van der Waals surface area contributed by atoms with Crippen molar-refractivity contribution in [2.75, 3.05) is 40.5 Å². The maximum Gasteiger partial charge on any atom is 0.262 e. The number of sulfonamides is 2. The van der Waals surface area contributed by atoms with Gasteiger partial charge in [-0.3, -0.25) is 9.44 Å². The number of nitrogens with one attached hydrogen (secondary N) is 3. The lowest BCUT2D eigenvalue weighted by Crippen LogP contribution is -2.43. The molecule has 1 fully saturated rings. The summed E-state index contributed by atoms with van der Waals surface area (Å²) in [5, 5.41) is 3.29. The molecule has 3 aromatic rings. The van der Waals surface area contributed by atoms with Crippen LogP contribution in [0.4, 0.5) is 17.1 Å². The van der Waals surface area contributed by atoms with Crippen LogP contribution < -0.4 is 19.7 Å². The van der Waals surface area contributed by atoms with Crippen molar-refractivity contribution in [3.63, 3.8) is 0 Å². The molecule has 0 spiro atoms. The summed E-state index contributed by atoms with van der Waals surface area (Å²) in [4.78, 5) is 2.40. The number of hydrogen-bond acceptors (Lipinski definition) is 6. The standard InChI is InChI=1S/C25H30N4O4S2.ClH/c1-18-15-19(2)25(20(3)16-18)35(32,33)27-23-10-9-21(29-13-11-26-12-14-29)17-24(23)28-34(30,31)22-7-5-4-6-8-22;/h4-10,15-17,26-28H,11-14H2,1-3H3;1H. The molecule has 11 heteroatoms. The van der Waals surface area contributed by atoms with Crippen molar-refractivity contribution in [2.45, 2.75) is 30.6 Å². The van der Waals surface area contributed by atoms with Gasteiger partial charge in [-0.1, -0.05) is 35.9 Å². The lowest BCUT2D eigenvalue weighted by molar-refractivity contribution is 0.589. The van der Waals surface area contributed by atoms with E-state index in [9.17, 15) is 16.8 Å². The van der Waals surface area contributed by atoms with Crippen molar-refractivity contribution >= 4 is 49.5 Å². The minimum Gasteiger partial charge on any atom is -0.369 e. The van der Waals surface area contributed by atoms with E-state index in [1.165, 1.54) is 12.1 Å². The number of anilines is 3. The second kappa shape index (κ2) is 11.1. The second-order valence-corrected chi connectivity index (χ2v) is 12.0. The molecule has 8 nitrogen and oxygen atoms in total. The van der Waals surface area contributed by atoms with E-state index in [2.05, 4.69) is 19.7 Å². The van der Waals surface area contributed by atoms with Crippen LogP contribution >= 0.6 is 12.4 Å². The summed E-state index contributed by atoms with van der Waals surface area (Å²) in [5.41, 5.74) is 3.34.